The summed E-state index contributed by atoms with van der Waals surface area (Å²) in [5.74, 6) is 2.33. The predicted octanol–water partition coefficient (Wildman–Crippen LogP) is 4.40. The molecule has 0 aliphatic rings. The zero-order valence-corrected chi connectivity index (χ0v) is 14.2. The Morgan fingerprint density at radius 3 is 2.57 bits per heavy atom. The van der Waals surface area contributed by atoms with E-state index in [1.165, 1.54) is 0 Å². The molecule has 2 aromatic carbocycles. The van der Waals surface area contributed by atoms with Gasteiger partial charge in [0.05, 0.1) is 11.6 Å². The largest absolute Gasteiger partial charge is 0.491 e. The predicted molar refractivity (Wildman–Crippen MR) is 93.8 cm³/mol. The van der Waals surface area contributed by atoms with Crippen molar-refractivity contribution < 1.29 is 4.74 Å². The fraction of sp³-hybridized carbons (Fsp3) is 0.176. The number of aryl methyl sites for hydroxylation is 1. The van der Waals surface area contributed by atoms with E-state index in [0.29, 0.717) is 17.4 Å². The fourth-order valence-electron chi connectivity index (χ4n) is 2.16. The number of para-hydroxylation sites is 2. The van der Waals surface area contributed by atoms with E-state index >= 15 is 0 Å². The summed E-state index contributed by atoms with van der Waals surface area (Å²) in [5.41, 5.74) is 1.06. The van der Waals surface area contributed by atoms with Crippen molar-refractivity contribution >= 4 is 23.4 Å². The minimum absolute atomic E-state index is 0.551. The van der Waals surface area contributed by atoms with E-state index in [1.54, 1.807) is 11.8 Å². The van der Waals surface area contributed by atoms with Crippen LogP contribution in [0.5, 0.6) is 5.75 Å². The van der Waals surface area contributed by atoms with Gasteiger partial charge in [-0.25, -0.2) is 0 Å². The quantitative estimate of drug-likeness (QED) is 0.490. The van der Waals surface area contributed by atoms with Gasteiger partial charge in [0.25, 0.3) is 0 Å². The van der Waals surface area contributed by atoms with E-state index in [2.05, 4.69) is 10.2 Å². The van der Waals surface area contributed by atoms with Crippen molar-refractivity contribution in [2.45, 2.75) is 12.1 Å². The molecule has 0 unspecified atom stereocenters. The third-order valence-corrected chi connectivity index (χ3v) is 4.42. The van der Waals surface area contributed by atoms with Gasteiger partial charge in [-0.2, -0.15) is 0 Å². The summed E-state index contributed by atoms with van der Waals surface area (Å²) in [7, 11) is 0. The summed E-state index contributed by atoms with van der Waals surface area (Å²) in [6, 6.07) is 17.6. The summed E-state index contributed by atoms with van der Waals surface area (Å²) in [5, 5.41) is 9.91. The normalized spacial score (nSPS) is 10.7. The average Bonchev–Trinajstić information content (AvgIpc) is 2.94. The molecule has 3 rings (SSSR count). The van der Waals surface area contributed by atoms with E-state index in [9.17, 15) is 0 Å². The van der Waals surface area contributed by atoms with Gasteiger partial charge in [0.2, 0.25) is 0 Å². The molecular formula is C17H16ClN3OS. The highest BCUT2D eigenvalue weighted by Crippen LogP contribution is 2.25. The Morgan fingerprint density at radius 1 is 1.04 bits per heavy atom. The zero-order valence-electron chi connectivity index (χ0n) is 12.6. The van der Waals surface area contributed by atoms with Gasteiger partial charge in [-0.05, 0) is 31.2 Å². The van der Waals surface area contributed by atoms with Gasteiger partial charge < -0.3 is 4.74 Å². The Balaban J connectivity index is 1.62. The highest BCUT2D eigenvalue weighted by molar-refractivity contribution is 7.99. The molecule has 23 heavy (non-hydrogen) atoms. The SMILES string of the molecule is Cc1nnc(SCCOc2ccccc2Cl)n1-c1ccccc1. The van der Waals surface area contributed by atoms with Crippen LogP contribution in [0.4, 0.5) is 0 Å². The first-order valence-corrected chi connectivity index (χ1v) is 8.59. The van der Waals surface area contributed by atoms with Gasteiger partial charge in [0.1, 0.15) is 11.6 Å². The molecule has 0 saturated carbocycles. The molecule has 1 aromatic heterocycles. The Labute approximate surface area is 144 Å². The number of halogens is 1. The van der Waals surface area contributed by atoms with E-state index in [-0.39, 0.29) is 0 Å². The topological polar surface area (TPSA) is 39.9 Å². The average molecular weight is 346 g/mol. The van der Waals surface area contributed by atoms with Crippen LogP contribution in [0.1, 0.15) is 5.82 Å². The van der Waals surface area contributed by atoms with Crippen LogP contribution >= 0.6 is 23.4 Å². The molecule has 0 fully saturated rings. The first kappa shape index (κ1) is 15.9. The van der Waals surface area contributed by atoms with Crippen molar-refractivity contribution in [2.75, 3.05) is 12.4 Å². The number of hydrogen-bond donors (Lipinski definition) is 0. The summed E-state index contributed by atoms with van der Waals surface area (Å²) in [6.07, 6.45) is 0. The molecule has 0 radical (unpaired) electrons. The minimum Gasteiger partial charge on any atom is -0.491 e. The van der Waals surface area contributed by atoms with Crippen LogP contribution in [0.2, 0.25) is 5.02 Å². The third kappa shape index (κ3) is 3.86. The molecule has 118 valence electrons. The molecule has 3 aromatic rings. The van der Waals surface area contributed by atoms with Gasteiger partial charge in [-0.3, -0.25) is 4.57 Å². The van der Waals surface area contributed by atoms with E-state index in [0.717, 1.165) is 22.4 Å². The van der Waals surface area contributed by atoms with E-state index in [4.69, 9.17) is 16.3 Å². The number of thioether (sulfide) groups is 1. The standard InChI is InChI=1S/C17H16ClN3OS/c1-13-19-20-17(21(13)14-7-3-2-4-8-14)23-12-11-22-16-10-6-5-9-15(16)18/h2-10H,11-12H2,1H3. The number of hydrogen-bond acceptors (Lipinski definition) is 4. The van der Waals surface area contributed by atoms with Gasteiger partial charge >= 0.3 is 0 Å². The lowest BCUT2D eigenvalue weighted by atomic mass is 10.3. The number of ether oxygens (including phenoxy) is 1. The van der Waals surface area contributed by atoms with Crippen molar-refractivity contribution in [1.82, 2.24) is 14.8 Å². The molecule has 0 bridgehead atoms. The number of nitrogens with zero attached hydrogens (tertiary/aromatic N) is 3. The Hall–Kier alpha value is -1.98. The summed E-state index contributed by atoms with van der Waals surface area (Å²) >= 11 is 7.68. The highest BCUT2D eigenvalue weighted by atomic mass is 35.5. The van der Waals surface area contributed by atoms with Crippen molar-refractivity contribution in [3.05, 3.63) is 65.4 Å². The molecule has 1 heterocycles. The van der Waals surface area contributed by atoms with E-state index in [1.807, 2.05) is 66.1 Å². The fourth-order valence-corrected chi connectivity index (χ4v) is 3.16. The van der Waals surface area contributed by atoms with Crippen LogP contribution in [0, 0.1) is 6.92 Å². The summed E-state index contributed by atoms with van der Waals surface area (Å²) in [4.78, 5) is 0. The van der Waals surface area contributed by atoms with Crippen LogP contribution in [0.25, 0.3) is 5.69 Å². The summed E-state index contributed by atoms with van der Waals surface area (Å²) in [6.45, 7) is 2.50. The third-order valence-electron chi connectivity index (χ3n) is 3.22. The highest BCUT2D eigenvalue weighted by Gasteiger charge is 2.11. The van der Waals surface area contributed by atoms with Crippen molar-refractivity contribution in [3.63, 3.8) is 0 Å². The van der Waals surface area contributed by atoms with Crippen LogP contribution in [-0.2, 0) is 0 Å². The Bertz CT molecular complexity index is 777. The van der Waals surface area contributed by atoms with Gasteiger partial charge in [-0.15, -0.1) is 10.2 Å². The molecule has 0 amide bonds. The van der Waals surface area contributed by atoms with Crippen LogP contribution in [-0.4, -0.2) is 27.1 Å². The van der Waals surface area contributed by atoms with Gasteiger partial charge in [-0.1, -0.05) is 53.7 Å². The molecular weight excluding hydrogens is 330 g/mol. The number of rotatable bonds is 6. The maximum atomic E-state index is 6.07. The first-order valence-electron chi connectivity index (χ1n) is 7.23. The molecule has 0 aliphatic carbocycles. The van der Waals surface area contributed by atoms with Gasteiger partial charge in [0, 0.05) is 11.4 Å². The number of benzene rings is 2. The Kier molecular flexibility index (Phi) is 5.20. The Morgan fingerprint density at radius 2 is 1.78 bits per heavy atom. The van der Waals surface area contributed by atoms with Crippen LogP contribution in [0.15, 0.2) is 59.8 Å². The monoisotopic (exact) mass is 345 g/mol. The first-order chi connectivity index (χ1) is 11.3. The lowest BCUT2D eigenvalue weighted by molar-refractivity contribution is 0.344. The molecule has 0 saturated heterocycles. The van der Waals surface area contributed by atoms with E-state index < -0.39 is 0 Å². The molecule has 0 aliphatic heterocycles. The smallest absolute Gasteiger partial charge is 0.195 e. The summed E-state index contributed by atoms with van der Waals surface area (Å²) < 4.78 is 7.74. The van der Waals surface area contributed by atoms with Crippen molar-refractivity contribution in [2.24, 2.45) is 0 Å². The second-order valence-corrected chi connectivity index (χ2v) is 6.30. The second kappa shape index (κ2) is 7.53. The molecule has 0 spiro atoms. The van der Waals surface area contributed by atoms with Crippen LogP contribution in [0.3, 0.4) is 0 Å². The van der Waals surface area contributed by atoms with Gasteiger partial charge in [0.15, 0.2) is 5.16 Å². The van der Waals surface area contributed by atoms with Crippen molar-refractivity contribution in [1.29, 1.82) is 0 Å². The van der Waals surface area contributed by atoms with Crippen LogP contribution < -0.4 is 4.74 Å². The lowest BCUT2D eigenvalue weighted by Crippen LogP contribution is -2.03. The maximum absolute atomic E-state index is 6.07. The minimum atomic E-state index is 0.551. The molecule has 0 atom stereocenters. The molecule has 0 N–H and O–H groups in total. The molecule has 4 nitrogen and oxygen atoms in total. The lowest BCUT2D eigenvalue weighted by Gasteiger charge is -2.09. The zero-order chi connectivity index (χ0) is 16.1. The second-order valence-electron chi connectivity index (χ2n) is 4.83. The number of aromatic nitrogens is 3. The maximum Gasteiger partial charge on any atom is 0.195 e. The molecule has 6 heteroatoms. The van der Waals surface area contributed by atoms with Crippen molar-refractivity contribution in [3.8, 4) is 11.4 Å².